The second kappa shape index (κ2) is 10.4. The number of hydrogen-bond donors (Lipinski definition) is 0. The molecule has 0 radical (unpaired) electrons. The zero-order valence-corrected chi connectivity index (χ0v) is 16.7. The maximum absolute atomic E-state index is 6.17. The number of aromatic nitrogens is 2. The molecule has 1 aliphatic heterocycles. The highest BCUT2D eigenvalue weighted by Gasteiger charge is 2.29. The Morgan fingerprint density at radius 1 is 1.11 bits per heavy atom. The van der Waals surface area contributed by atoms with Gasteiger partial charge >= 0.3 is 0 Å². The number of hydrogen-bond acceptors (Lipinski definition) is 4. The van der Waals surface area contributed by atoms with Crippen LogP contribution in [-0.2, 0) is 11.2 Å². The van der Waals surface area contributed by atoms with Crippen molar-refractivity contribution in [2.45, 2.75) is 64.9 Å². The molecule has 0 spiro atoms. The van der Waals surface area contributed by atoms with E-state index in [0.717, 1.165) is 30.2 Å². The predicted molar refractivity (Wildman–Crippen MR) is 109 cm³/mol. The molecule has 2 heterocycles. The topological polar surface area (TPSA) is 47.5 Å². The molecule has 1 fully saturated rings. The lowest BCUT2D eigenvalue weighted by atomic mass is 10.0. The van der Waals surface area contributed by atoms with E-state index in [2.05, 4.69) is 42.0 Å². The fourth-order valence-electron chi connectivity index (χ4n) is 3.31. The molecule has 0 aliphatic carbocycles. The molecule has 1 aromatic carbocycles. The molecular formula is C23H32N2O2. The number of benzene rings is 1. The highest BCUT2D eigenvalue weighted by Crippen LogP contribution is 2.28. The van der Waals surface area contributed by atoms with Crippen molar-refractivity contribution in [2.75, 3.05) is 13.2 Å². The van der Waals surface area contributed by atoms with Crippen molar-refractivity contribution in [3.05, 3.63) is 42.2 Å². The lowest BCUT2D eigenvalue weighted by Gasteiger charge is -2.15. The zero-order chi connectivity index (χ0) is 18.9. The Kier molecular flexibility index (Phi) is 7.64. The Hall–Kier alpha value is -1.94. The minimum absolute atomic E-state index is 0.379. The third-order valence-electron chi connectivity index (χ3n) is 5.18. The van der Waals surface area contributed by atoms with Gasteiger partial charge in [-0.05, 0) is 42.7 Å². The van der Waals surface area contributed by atoms with E-state index in [4.69, 9.17) is 9.47 Å². The van der Waals surface area contributed by atoms with Crippen LogP contribution >= 0.6 is 0 Å². The van der Waals surface area contributed by atoms with Crippen molar-refractivity contribution in [1.82, 2.24) is 9.97 Å². The summed E-state index contributed by atoms with van der Waals surface area (Å²) in [4.78, 5) is 8.77. The van der Waals surface area contributed by atoms with Crippen LogP contribution in [0.2, 0.25) is 0 Å². The van der Waals surface area contributed by atoms with Crippen molar-refractivity contribution in [3.63, 3.8) is 0 Å². The maximum atomic E-state index is 6.17. The molecule has 2 atom stereocenters. The lowest BCUT2D eigenvalue weighted by molar-refractivity contribution is 0.221. The summed E-state index contributed by atoms with van der Waals surface area (Å²) in [5.41, 5.74) is 2.32. The first-order valence-corrected chi connectivity index (χ1v) is 10.4. The number of rotatable bonds is 12. The summed E-state index contributed by atoms with van der Waals surface area (Å²) in [6.45, 7) is 6.03. The summed E-state index contributed by atoms with van der Waals surface area (Å²) in [5, 5.41) is 0. The van der Waals surface area contributed by atoms with Crippen molar-refractivity contribution in [2.24, 2.45) is 5.92 Å². The van der Waals surface area contributed by atoms with Gasteiger partial charge in [-0.2, -0.15) is 0 Å². The number of epoxide rings is 1. The van der Waals surface area contributed by atoms with Crippen LogP contribution in [0.25, 0.3) is 11.4 Å². The molecule has 0 amide bonds. The van der Waals surface area contributed by atoms with Crippen LogP contribution in [0, 0.1) is 5.92 Å². The molecule has 1 aromatic heterocycles. The Morgan fingerprint density at radius 3 is 2.59 bits per heavy atom. The molecule has 0 N–H and O–H groups in total. The van der Waals surface area contributed by atoms with Crippen molar-refractivity contribution in [1.29, 1.82) is 0 Å². The van der Waals surface area contributed by atoms with Gasteiger partial charge in [0.1, 0.15) is 5.75 Å². The SMILES string of the molecule is CCCCCCCCc1cc(-c2ncccn2)ccc1OCC(C)C1CO1. The maximum Gasteiger partial charge on any atom is 0.159 e. The molecule has 4 nitrogen and oxygen atoms in total. The van der Waals surface area contributed by atoms with E-state index >= 15 is 0 Å². The van der Waals surface area contributed by atoms with Crippen molar-refractivity contribution >= 4 is 0 Å². The van der Waals surface area contributed by atoms with Gasteiger partial charge in [0, 0.05) is 23.9 Å². The highest BCUT2D eigenvalue weighted by atomic mass is 16.6. The second-order valence-electron chi connectivity index (χ2n) is 7.57. The predicted octanol–water partition coefficient (Wildman–Crippen LogP) is 5.46. The Labute approximate surface area is 163 Å². The summed E-state index contributed by atoms with van der Waals surface area (Å²) in [6, 6.07) is 8.20. The van der Waals surface area contributed by atoms with Crippen LogP contribution < -0.4 is 4.74 Å². The minimum atomic E-state index is 0.379. The molecule has 1 saturated heterocycles. The van der Waals surface area contributed by atoms with E-state index in [1.807, 2.05) is 6.07 Å². The lowest BCUT2D eigenvalue weighted by Crippen LogP contribution is -2.14. The van der Waals surface area contributed by atoms with Gasteiger partial charge in [0.25, 0.3) is 0 Å². The van der Waals surface area contributed by atoms with Crippen LogP contribution in [-0.4, -0.2) is 29.3 Å². The summed E-state index contributed by atoms with van der Waals surface area (Å²) < 4.78 is 11.5. The van der Waals surface area contributed by atoms with E-state index in [1.54, 1.807) is 12.4 Å². The van der Waals surface area contributed by atoms with Gasteiger partial charge in [-0.3, -0.25) is 0 Å². The Morgan fingerprint density at radius 2 is 1.85 bits per heavy atom. The highest BCUT2D eigenvalue weighted by molar-refractivity contribution is 5.58. The molecule has 27 heavy (non-hydrogen) atoms. The average Bonchev–Trinajstić information content (AvgIpc) is 3.55. The second-order valence-corrected chi connectivity index (χ2v) is 7.57. The molecular weight excluding hydrogens is 336 g/mol. The smallest absolute Gasteiger partial charge is 0.159 e. The van der Waals surface area contributed by atoms with Gasteiger partial charge in [-0.15, -0.1) is 0 Å². The number of aryl methyl sites for hydroxylation is 1. The summed E-state index contributed by atoms with van der Waals surface area (Å²) in [7, 11) is 0. The van der Waals surface area contributed by atoms with Crippen LogP contribution in [0.4, 0.5) is 0 Å². The van der Waals surface area contributed by atoms with Crippen molar-refractivity contribution in [3.8, 4) is 17.1 Å². The number of unbranched alkanes of at least 4 members (excludes halogenated alkanes) is 5. The molecule has 0 saturated carbocycles. The fraction of sp³-hybridized carbons (Fsp3) is 0.565. The van der Waals surface area contributed by atoms with Crippen LogP contribution in [0.15, 0.2) is 36.7 Å². The number of nitrogens with zero attached hydrogens (tertiary/aromatic N) is 2. The molecule has 146 valence electrons. The monoisotopic (exact) mass is 368 g/mol. The fourth-order valence-corrected chi connectivity index (χ4v) is 3.31. The molecule has 3 rings (SSSR count). The molecule has 0 bridgehead atoms. The zero-order valence-electron chi connectivity index (χ0n) is 16.7. The van der Waals surface area contributed by atoms with Gasteiger partial charge in [-0.1, -0.05) is 46.0 Å². The third-order valence-corrected chi connectivity index (χ3v) is 5.18. The van der Waals surface area contributed by atoms with E-state index in [-0.39, 0.29) is 0 Å². The third kappa shape index (κ3) is 6.31. The van der Waals surface area contributed by atoms with E-state index < -0.39 is 0 Å². The standard InChI is InChI=1S/C23H32N2O2/c1-3-4-5-6-7-8-10-19-15-20(23-24-13-9-14-25-23)11-12-21(19)26-16-18(2)22-17-27-22/h9,11-15,18,22H,3-8,10,16-17H2,1-2H3. The summed E-state index contributed by atoms with van der Waals surface area (Å²) in [6.07, 6.45) is 12.8. The summed E-state index contributed by atoms with van der Waals surface area (Å²) in [5.74, 6) is 2.20. The van der Waals surface area contributed by atoms with Gasteiger partial charge in [0.2, 0.25) is 0 Å². The first kappa shape index (κ1) is 19.8. The molecule has 1 aliphatic rings. The first-order chi connectivity index (χ1) is 13.3. The van der Waals surface area contributed by atoms with Crippen LogP contribution in [0.3, 0.4) is 0 Å². The largest absolute Gasteiger partial charge is 0.493 e. The van der Waals surface area contributed by atoms with Gasteiger partial charge in [0.15, 0.2) is 5.82 Å². The van der Waals surface area contributed by atoms with Crippen LogP contribution in [0.1, 0.15) is 57.9 Å². The Bertz CT molecular complexity index is 686. The van der Waals surface area contributed by atoms with Gasteiger partial charge in [0.05, 0.1) is 19.3 Å². The number of ether oxygens (including phenoxy) is 2. The van der Waals surface area contributed by atoms with Gasteiger partial charge in [-0.25, -0.2) is 9.97 Å². The van der Waals surface area contributed by atoms with Crippen molar-refractivity contribution < 1.29 is 9.47 Å². The Balaban J connectivity index is 1.64. The first-order valence-electron chi connectivity index (χ1n) is 10.4. The summed E-state index contributed by atoms with van der Waals surface area (Å²) >= 11 is 0. The molecule has 2 aromatic rings. The average molecular weight is 369 g/mol. The van der Waals surface area contributed by atoms with E-state index in [9.17, 15) is 0 Å². The normalized spacial score (nSPS) is 16.9. The molecule has 4 heteroatoms. The minimum Gasteiger partial charge on any atom is -0.493 e. The van der Waals surface area contributed by atoms with E-state index in [0.29, 0.717) is 18.6 Å². The quantitative estimate of drug-likeness (QED) is 0.369. The molecule has 2 unspecified atom stereocenters. The van der Waals surface area contributed by atoms with Gasteiger partial charge < -0.3 is 9.47 Å². The van der Waals surface area contributed by atoms with Crippen LogP contribution in [0.5, 0.6) is 5.75 Å². The van der Waals surface area contributed by atoms with E-state index in [1.165, 1.54) is 44.1 Å².